The predicted molar refractivity (Wildman–Crippen MR) is 79.7 cm³/mol. The summed E-state index contributed by atoms with van der Waals surface area (Å²) in [6, 6.07) is 7.02. The normalized spacial score (nSPS) is 11.9. The number of aliphatic carboxylic acids is 1. The molecule has 0 aliphatic heterocycles. The second-order valence-corrected chi connectivity index (χ2v) is 5.01. The van der Waals surface area contributed by atoms with E-state index in [4.69, 9.17) is 5.11 Å². The van der Waals surface area contributed by atoms with E-state index in [0.29, 0.717) is 11.3 Å². The third-order valence-corrected chi connectivity index (χ3v) is 3.32. The van der Waals surface area contributed by atoms with Gasteiger partial charge in [-0.05, 0) is 30.5 Å². The molecule has 0 saturated heterocycles. The fraction of sp³-hybridized carbons (Fsp3) is 0.500. The second kappa shape index (κ2) is 8.35. The molecule has 110 valence electrons. The summed E-state index contributed by atoms with van der Waals surface area (Å²) in [5.41, 5.74) is 1.36. The number of hydrogen-bond donors (Lipinski definition) is 2. The zero-order chi connectivity index (χ0) is 15.0. The molecule has 1 amide bonds. The molecule has 0 saturated carbocycles. The topological polar surface area (TPSA) is 66.4 Å². The van der Waals surface area contributed by atoms with Crippen molar-refractivity contribution in [1.82, 2.24) is 0 Å². The van der Waals surface area contributed by atoms with E-state index in [0.717, 1.165) is 25.7 Å². The van der Waals surface area contributed by atoms with E-state index in [1.54, 1.807) is 24.3 Å². The van der Waals surface area contributed by atoms with Crippen molar-refractivity contribution in [2.45, 2.75) is 46.0 Å². The number of nitrogens with one attached hydrogen (secondary N) is 1. The van der Waals surface area contributed by atoms with Crippen molar-refractivity contribution in [3.8, 4) is 0 Å². The highest BCUT2D eigenvalue weighted by molar-refractivity contribution is 5.92. The Labute approximate surface area is 120 Å². The van der Waals surface area contributed by atoms with Gasteiger partial charge in [-0.15, -0.1) is 0 Å². The lowest BCUT2D eigenvalue weighted by molar-refractivity contribution is -0.136. The van der Waals surface area contributed by atoms with Gasteiger partial charge in [-0.1, -0.05) is 38.8 Å². The lowest BCUT2D eigenvalue weighted by Gasteiger charge is -2.15. The summed E-state index contributed by atoms with van der Waals surface area (Å²) < 4.78 is 0. The molecular formula is C16H23NO3. The minimum Gasteiger partial charge on any atom is -0.481 e. The van der Waals surface area contributed by atoms with Gasteiger partial charge in [0.2, 0.25) is 5.91 Å². The molecular weight excluding hydrogens is 254 g/mol. The quantitative estimate of drug-likeness (QED) is 0.764. The number of carboxylic acid groups (broad SMARTS) is 1. The summed E-state index contributed by atoms with van der Waals surface area (Å²) in [6.07, 6.45) is 3.81. The van der Waals surface area contributed by atoms with Gasteiger partial charge in [0.15, 0.2) is 0 Å². The van der Waals surface area contributed by atoms with Crippen LogP contribution in [0.25, 0.3) is 0 Å². The van der Waals surface area contributed by atoms with E-state index < -0.39 is 5.97 Å². The summed E-state index contributed by atoms with van der Waals surface area (Å²) in [5, 5.41) is 11.7. The zero-order valence-electron chi connectivity index (χ0n) is 12.2. The maximum absolute atomic E-state index is 12.2. The highest BCUT2D eigenvalue weighted by atomic mass is 16.4. The van der Waals surface area contributed by atoms with Crippen molar-refractivity contribution < 1.29 is 14.7 Å². The molecule has 0 heterocycles. The molecule has 0 aliphatic carbocycles. The number of benzene rings is 1. The van der Waals surface area contributed by atoms with Gasteiger partial charge in [0, 0.05) is 11.6 Å². The molecule has 0 fully saturated rings. The van der Waals surface area contributed by atoms with E-state index in [9.17, 15) is 9.59 Å². The number of carbonyl (C=O) groups excluding carboxylic acids is 1. The first-order chi connectivity index (χ1) is 9.56. The average Bonchev–Trinajstić information content (AvgIpc) is 2.39. The Balaban J connectivity index is 2.66. The molecule has 1 aromatic rings. The first-order valence-electron chi connectivity index (χ1n) is 7.18. The van der Waals surface area contributed by atoms with Crippen molar-refractivity contribution in [2.75, 3.05) is 5.32 Å². The van der Waals surface area contributed by atoms with Gasteiger partial charge in [-0.2, -0.15) is 0 Å². The van der Waals surface area contributed by atoms with Crippen LogP contribution < -0.4 is 5.32 Å². The standard InChI is InChI=1S/C16H23NO3/c1-3-5-8-13(4-2)16(20)17-14-9-6-7-12(10-14)11-15(18)19/h6-7,9-10,13H,3-5,8,11H2,1-2H3,(H,17,20)(H,18,19). The highest BCUT2D eigenvalue weighted by Gasteiger charge is 2.16. The number of anilines is 1. The summed E-state index contributed by atoms with van der Waals surface area (Å²) in [4.78, 5) is 22.8. The molecule has 4 heteroatoms. The van der Waals surface area contributed by atoms with Crippen molar-refractivity contribution >= 4 is 17.6 Å². The van der Waals surface area contributed by atoms with Crippen molar-refractivity contribution in [2.24, 2.45) is 5.92 Å². The Bertz CT molecular complexity index is 457. The fourth-order valence-corrected chi connectivity index (χ4v) is 2.15. The second-order valence-electron chi connectivity index (χ2n) is 5.01. The molecule has 20 heavy (non-hydrogen) atoms. The minimum absolute atomic E-state index is 0.0217. The number of unbranched alkanes of at least 4 members (excludes halogenated alkanes) is 1. The van der Waals surface area contributed by atoms with Crippen LogP contribution in [-0.2, 0) is 16.0 Å². The van der Waals surface area contributed by atoms with Gasteiger partial charge in [-0.25, -0.2) is 0 Å². The molecule has 4 nitrogen and oxygen atoms in total. The summed E-state index contributed by atoms with van der Waals surface area (Å²) >= 11 is 0. The molecule has 2 N–H and O–H groups in total. The van der Waals surface area contributed by atoms with E-state index in [1.165, 1.54) is 0 Å². The van der Waals surface area contributed by atoms with Crippen LogP contribution in [0.2, 0.25) is 0 Å². The molecule has 1 rings (SSSR count). The zero-order valence-corrected chi connectivity index (χ0v) is 12.2. The van der Waals surface area contributed by atoms with Gasteiger partial charge in [0.05, 0.1) is 6.42 Å². The first-order valence-corrected chi connectivity index (χ1v) is 7.18. The van der Waals surface area contributed by atoms with Crippen LogP contribution in [0.1, 0.15) is 45.1 Å². The molecule has 0 aliphatic rings. The van der Waals surface area contributed by atoms with Crippen LogP contribution in [0.4, 0.5) is 5.69 Å². The van der Waals surface area contributed by atoms with Crippen LogP contribution in [0.15, 0.2) is 24.3 Å². The van der Waals surface area contributed by atoms with E-state index in [1.807, 2.05) is 6.92 Å². The third-order valence-electron chi connectivity index (χ3n) is 3.32. The van der Waals surface area contributed by atoms with Crippen LogP contribution >= 0.6 is 0 Å². The van der Waals surface area contributed by atoms with E-state index in [2.05, 4.69) is 12.2 Å². The Hall–Kier alpha value is -1.84. The van der Waals surface area contributed by atoms with Crippen LogP contribution in [0, 0.1) is 5.92 Å². The van der Waals surface area contributed by atoms with Crippen LogP contribution in [0.5, 0.6) is 0 Å². The van der Waals surface area contributed by atoms with Gasteiger partial charge < -0.3 is 10.4 Å². The van der Waals surface area contributed by atoms with Gasteiger partial charge in [0.1, 0.15) is 0 Å². The number of amides is 1. The van der Waals surface area contributed by atoms with Crippen molar-refractivity contribution in [3.05, 3.63) is 29.8 Å². The smallest absolute Gasteiger partial charge is 0.307 e. The number of carboxylic acids is 1. The molecule has 0 bridgehead atoms. The van der Waals surface area contributed by atoms with Crippen molar-refractivity contribution in [1.29, 1.82) is 0 Å². The number of carbonyl (C=O) groups is 2. The molecule has 1 atom stereocenters. The average molecular weight is 277 g/mol. The maximum Gasteiger partial charge on any atom is 0.307 e. The molecule has 0 aromatic heterocycles. The third kappa shape index (κ3) is 5.43. The minimum atomic E-state index is -0.872. The van der Waals surface area contributed by atoms with E-state index >= 15 is 0 Å². The van der Waals surface area contributed by atoms with Gasteiger partial charge in [0.25, 0.3) is 0 Å². The predicted octanol–water partition coefficient (Wildman–Crippen LogP) is 3.47. The Kier molecular flexibility index (Phi) is 6.77. The monoisotopic (exact) mass is 277 g/mol. The largest absolute Gasteiger partial charge is 0.481 e. The molecule has 1 unspecified atom stereocenters. The van der Waals surface area contributed by atoms with Crippen LogP contribution in [-0.4, -0.2) is 17.0 Å². The fourth-order valence-electron chi connectivity index (χ4n) is 2.15. The first kappa shape index (κ1) is 16.2. The molecule has 0 spiro atoms. The lowest BCUT2D eigenvalue weighted by Crippen LogP contribution is -2.22. The molecule has 1 aromatic carbocycles. The van der Waals surface area contributed by atoms with Gasteiger partial charge >= 0.3 is 5.97 Å². The number of hydrogen-bond acceptors (Lipinski definition) is 2. The van der Waals surface area contributed by atoms with Gasteiger partial charge in [-0.3, -0.25) is 9.59 Å². The Morgan fingerprint density at radius 3 is 2.65 bits per heavy atom. The van der Waals surface area contributed by atoms with Crippen LogP contribution in [0.3, 0.4) is 0 Å². The highest BCUT2D eigenvalue weighted by Crippen LogP contribution is 2.17. The van der Waals surface area contributed by atoms with Crippen molar-refractivity contribution in [3.63, 3.8) is 0 Å². The Morgan fingerprint density at radius 1 is 1.30 bits per heavy atom. The SMILES string of the molecule is CCCCC(CC)C(=O)Nc1cccc(CC(=O)O)c1. The summed E-state index contributed by atoms with van der Waals surface area (Å²) in [5.74, 6) is -0.825. The maximum atomic E-state index is 12.2. The summed E-state index contributed by atoms with van der Waals surface area (Å²) in [7, 11) is 0. The van der Waals surface area contributed by atoms with E-state index in [-0.39, 0.29) is 18.2 Å². The molecule has 0 radical (unpaired) electrons. The Morgan fingerprint density at radius 2 is 2.05 bits per heavy atom. The summed E-state index contributed by atoms with van der Waals surface area (Å²) in [6.45, 7) is 4.13. The lowest BCUT2D eigenvalue weighted by atomic mass is 9.98. The number of rotatable bonds is 8.